The lowest BCUT2D eigenvalue weighted by molar-refractivity contribution is 0.514. The van der Waals surface area contributed by atoms with Gasteiger partial charge in [0, 0.05) is 18.9 Å². The molecule has 0 radical (unpaired) electrons. The second-order valence-electron chi connectivity index (χ2n) is 5.12. The van der Waals surface area contributed by atoms with Crippen LogP contribution in [-0.4, -0.2) is 9.55 Å². The van der Waals surface area contributed by atoms with Gasteiger partial charge in [-0.1, -0.05) is 31.9 Å². The fourth-order valence-electron chi connectivity index (χ4n) is 2.55. The summed E-state index contributed by atoms with van der Waals surface area (Å²) in [6, 6.07) is 7.77. The Labute approximate surface area is 117 Å². The molecule has 104 valence electrons. The Bertz CT molecular complexity index is 814. The quantitative estimate of drug-likeness (QED) is 0.682. The van der Waals surface area contributed by atoms with Gasteiger partial charge in [-0.05, 0) is 18.6 Å². The van der Waals surface area contributed by atoms with Crippen molar-refractivity contribution in [2.45, 2.75) is 32.6 Å². The molecule has 3 rings (SSSR count). The van der Waals surface area contributed by atoms with Gasteiger partial charge in [0.2, 0.25) is 0 Å². The van der Waals surface area contributed by atoms with E-state index in [0.29, 0.717) is 17.0 Å². The summed E-state index contributed by atoms with van der Waals surface area (Å²) in [5, 5.41) is 0.943. The first kappa shape index (κ1) is 12.9. The van der Waals surface area contributed by atoms with Gasteiger partial charge in [0.1, 0.15) is 0 Å². The Morgan fingerprint density at radius 1 is 1.25 bits per heavy atom. The van der Waals surface area contributed by atoms with E-state index < -0.39 is 0 Å². The third kappa shape index (κ3) is 2.01. The molecule has 0 atom stereocenters. The zero-order valence-corrected chi connectivity index (χ0v) is 11.8. The maximum atomic E-state index is 12.3. The minimum atomic E-state index is -0.0933. The first-order chi connectivity index (χ1) is 9.72. The zero-order chi connectivity index (χ0) is 14.1. The lowest BCUT2D eigenvalue weighted by Gasteiger charge is -2.03. The molecule has 0 aliphatic carbocycles. The molecular formula is C16H18N2O2. The largest absolute Gasteiger partial charge is 0.440 e. The molecule has 0 saturated heterocycles. The smallest absolute Gasteiger partial charge is 0.280 e. The van der Waals surface area contributed by atoms with E-state index in [2.05, 4.69) is 11.9 Å². The number of hydrogen-bond acceptors (Lipinski definition) is 3. The number of hydrogen-bond donors (Lipinski definition) is 0. The second kappa shape index (κ2) is 5.12. The van der Waals surface area contributed by atoms with E-state index >= 15 is 0 Å². The van der Waals surface area contributed by atoms with Crippen LogP contribution in [0.1, 0.15) is 32.1 Å². The average molecular weight is 270 g/mol. The standard InChI is InChI=1S/C16H18N2O2/c1-3-4-5-10-13-17-14-15(20-13)11-8-6-7-9-12(11)18(2)16(14)19/h6-9H,3-5,10H2,1-2H3. The number of aryl methyl sites for hydroxylation is 2. The van der Waals surface area contributed by atoms with E-state index in [1.54, 1.807) is 11.6 Å². The predicted molar refractivity (Wildman–Crippen MR) is 80.0 cm³/mol. The Morgan fingerprint density at radius 3 is 2.85 bits per heavy atom. The molecule has 4 heteroatoms. The first-order valence-electron chi connectivity index (χ1n) is 7.09. The van der Waals surface area contributed by atoms with Crippen LogP contribution in [0.25, 0.3) is 22.0 Å². The molecule has 0 aliphatic heterocycles. The molecule has 0 saturated carbocycles. The molecule has 0 bridgehead atoms. The summed E-state index contributed by atoms with van der Waals surface area (Å²) in [7, 11) is 1.77. The molecule has 2 heterocycles. The van der Waals surface area contributed by atoms with E-state index in [-0.39, 0.29) is 5.56 Å². The highest BCUT2D eigenvalue weighted by molar-refractivity contribution is 6.00. The lowest BCUT2D eigenvalue weighted by atomic mass is 10.2. The number of para-hydroxylation sites is 1. The number of unbranched alkanes of at least 4 members (excludes halogenated alkanes) is 2. The molecule has 0 unspecified atom stereocenters. The van der Waals surface area contributed by atoms with Crippen LogP contribution >= 0.6 is 0 Å². The lowest BCUT2D eigenvalue weighted by Crippen LogP contribution is -2.17. The monoisotopic (exact) mass is 270 g/mol. The normalized spacial score (nSPS) is 11.5. The van der Waals surface area contributed by atoms with Crippen molar-refractivity contribution in [1.82, 2.24) is 9.55 Å². The van der Waals surface area contributed by atoms with Crippen LogP contribution in [0.15, 0.2) is 33.5 Å². The van der Waals surface area contributed by atoms with Crippen molar-refractivity contribution in [1.29, 1.82) is 0 Å². The molecule has 0 N–H and O–H groups in total. The molecule has 4 nitrogen and oxygen atoms in total. The third-order valence-electron chi connectivity index (χ3n) is 3.68. The van der Waals surface area contributed by atoms with E-state index in [9.17, 15) is 4.79 Å². The van der Waals surface area contributed by atoms with Gasteiger partial charge in [-0.15, -0.1) is 0 Å². The number of aromatic nitrogens is 2. The molecule has 0 aliphatic rings. The Balaban J connectivity index is 2.20. The van der Waals surface area contributed by atoms with E-state index in [1.165, 1.54) is 0 Å². The summed E-state index contributed by atoms with van der Waals surface area (Å²) in [5.74, 6) is 0.668. The molecular weight excluding hydrogens is 252 g/mol. The van der Waals surface area contributed by atoms with Crippen LogP contribution in [0.4, 0.5) is 0 Å². The van der Waals surface area contributed by atoms with Crippen molar-refractivity contribution in [2.24, 2.45) is 7.05 Å². The molecule has 20 heavy (non-hydrogen) atoms. The maximum Gasteiger partial charge on any atom is 0.280 e. The minimum Gasteiger partial charge on any atom is -0.440 e. The van der Waals surface area contributed by atoms with Crippen molar-refractivity contribution in [3.63, 3.8) is 0 Å². The van der Waals surface area contributed by atoms with Crippen molar-refractivity contribution in [2.75, 3.05) is 0 Å². The van der Waals surface area contributed by atoms with Crippen LogP contribution < -0.4 is 5.56 Å². The summed E-state index contributed by atoms with van der Waals surface area (Å²) in [6.07, 6.45) is 4.14. The Kier molecular flexibility index (Phi) is 3.30. The third-order valence-corrected chi connectivity index (χ3v) is 3.68. The summed E-state index contributed by atoms with van der Waals surface area (Å²) >= 11 is 0. The van der Waals surface area contributed by atoms with E-state index in [1.807, 2.05) is 24.3 Å². The molecule has 0 spiro atoms. The highest BCUT2D eigenvalue weighted by Crippen LogP contribution is 2.23. The Morgan fingerprint density at radius 2 is 2.05 bits per heavy atom. The number of pyridine rings is 1. The predicted octanol–water partition coefficient (Wildman–Crippen LogP) is 3.41. The summed E-state index contributed by atoms with van der Waals surface area (Å²) in [6.45, 7) is 2.16. The zero-order valence-electron chi connectivity index (χ0n) is 11.8. The van der Waals surface area contributed by atoms with Crippen molar-refractivity contribution in [3.8, 4) is 0 Å². The summed E-state index contributed by atoms with van der Waals surface area (Å²) in [4.78, 5) is 16.7. The molecule has 0 amide bonds. The number of rotatable bonds is 4. The van der Waals surface area contributed by atoms with Gasteiger partial charge < -0.3 is 8.98 Å². The summed E-state index contributed by atoms with van der Waals surface area (Å²) < 4.78 is 7.47. The van der Waals surface area contributed by atoms with Gasteiger partial charge >= 0.3 is 0 Å². The molecule has 0 fully saturated rings. The number of fused-ring (bicyclic) bond motifs is 3. The van der Waals surface area contributed by atoms with Crippen molar-refractivity contribution < 1.29 is 4.42 Å². The van der Waals surface area contributed by atoms with Gasteiger partial charge in [0.05, 0.1) is 5.52 Å². The van der Waals surface area contributed by atoms with Crippen LogP contribution in [-0.2, 0) is 13.5 Å². The van der Waals surface area contributed by atoms with E-state index in [0.717, 1.165) is 36.6 Å². The van der Waals surface area contributed by atoms with Gasteiger partial charge in [0.25, 0.3) is 5.56 Å². The molecule has 1 aromatic carbocycles. The molecule has 3 aromatic rings. The number of nitrogens with zero attached hydrogens (tertiary/aromatic N) is 2. The minimum absolute atomic E-state index is 0.0933. The highest BCUT2D eigenvalue weighted by Gasteiger charge is 2.14. The van der Waals surface area contributed by atoms with Crippen molar-refractivity contribution >= 4 is 22.0 Å². The SMILES string of the molecule is CCCCCc1nc2c(=O)n(C)c3ccccc3c2o1. The summed E-state index contributed by atoms with van der Waals surface area (Å²) in [5.41, 5.74) is 1.85. The van der Waals surface area contributed by atoms with Gasteiger partial charge in [0.15, 0.2) is 17.0 Å². The second-order valence-corrected chi connectivity index (χ2v) is 5.12. The maximum absolute atomic E-state index is 12.3. The van der Waals surface area contributed by atoms with Gasteiger partial charge in [-0.25, -0.2) is 4.98 Å². The fraction of sp³-hybridized carbons (Fsp3) is 0.375. The van der Waals surface area contributed by atoms with Crippen LogP contribution in [0.2, 0.25) is 0 Å². The highest BCUT2D eigenvalue weighted by atomic mass is 16.3. The average Bonchev–Trinajstić information content (AvgIpc) is 2.89. The number of oxazole rings is 1. The van der Waals surface area contributed by atoms with Gasteiger partial charge in [-0.2, -0.15) is 0 Å². The number of benzene rings is 1. The van der Waals surface area contributed by atoms with Crippen LogP contribution in [0.3, 0.4) is 0 Å². The topological polar surface area (TPSA) is 48.0 Å². The van der Waals surface area contributed by atoms with Crippen LogP contribution in [0, 0.1) is 0 Å². The first-order valence-corrected chi connectivity index (χ1v) is 7.09. The van der Waals surface area contributed by atoms with Crippen molar-refractivity contribution in [3.05, 3.63) is 40.5 Å². The molecule has 2 aromatic heterocycles. The van der Waals surface area contributed by atoms with E-state index in [4.69, 9.17) is 4.42 Å². The van der Waals surface area contributed by atoms with Gasteiger partial charge in [-0.3, -0.25) is 4.79 Å². The fourth-order valence-corrected chi connectivity index (χ4v) is 2.55. The van der Waals surface area contributed by atoms with Crippen LogP contribution in [0.5, 0.6) is 0 Å². The Hall–Kier alpha value is -2.10.